The summed E-state index contributed by atoms with van der Waals surface area (Å²) in [5.41, 5.74) is 0. The Balaban J connectivity index is 2.88. The van der Waals surface area contributed by atoms with Crippen LogP contribution in [0.25, 0.3) is 0 Å². The van der Waals surface area contributed by atoms with Gasteiger partial charge in [-0.2, -0.15) is 0 Å². The predicted octanol–water partition coefficient (Wildman–Crippen LogP) is 0.365. The summed E-state index contributed by atoms with van der Waals surface area (Å²) in [7, 11) is 1.91. The van der Waals surface area contributed by atoms with Crippen molar-refractivity contribution in [2.45, 2.75) is 13.3 Å². The van der Waals surface area contributed by atoms with Gasteiger partial charge in [0.2, 0.25) is 0 Å². The lowest BCUT2D eigenvalue weighted by Crippen LogP contribution is -2.15. The molecule has 0 saturated carbocycles. The van der Waals surface area contributed by atoms with Gasteiger partial charge in [0.05, 0.1) is 0 Å². The smallest absolute Gasteiger partial charge is 0.106 e. The summed E-state index contributed by atoms with van der Waals surface area (Å²) in [4.78, 5) is 0. The third kappa shape index (κ3) is 6.15. The Morgan fingerprint density at radius 3 is 2.67 bits per heavy atom. The zero-order valence-electron chi connectivity index (χ0n) is 6.14. The summed E-state index contributed by atoms with van der Waals surface area (Å²) >= 11 is -0.568. The monoisotopic (exact) mass is 149 g/mol. The maximum absolute atomic E-state index is 10.8. The quantitative estimate of drug-likeness (QED) is 0.452. The molecule has 1 unspecified atom stereocenters. The first-order chi connectivity index (χ1) is 4.31. The zero-order chi connectivity index (χ0) is 7.11. The second kappa shape index (κ2) is 6.39. The van der Waals surface area contributed by atoms with E-state index in [1.807, 2.05) is 14.0 Å². The van der Waals surface area contributed by atoms with Crippen molar-refractivity contribution in [2.24, 2.45) is 0 Å². The van der Waals surface area contributed by atoms with E-state index < -0.39 is 11.2 Å². The summed E-state index contributed by atoms with van der Waals surface area (Å²) in [6.07, 6.45) is 1.02. The topological polar surface area (TPSA) is 35.1 Å². The van der Waals surface area contributed by atoms with E-state index >= 15 is 0 Å². The van der Waals surface area contributed by atoms with Crippen LogP contribution in [0.1, 0.15) is 13.3 Å². The molecule has 0 amide bonds. The molecule has 1 atom stereocenters. The van der Waals surface area contributed by atoms with Crippen molar-refractivity contribution in [2.75, 3.05) is 25.1 Å². The maximum atomic E-state index is 10.8. The van der Waals surface area contributed by atoms with Crippen LogP contribution in [0, 0.1) is 0 Å². The van der Waals surface area contributed by atoms with Gasteiger partial charge in [-0.05, 0) is 20.5 Å². The van der Waals surface area contributed by atoms with Crippen molar-refractivity contribution in [3.05, 3.63) is 0 Å². The van der Waals surface area contributed by atoms with Crippen LogP contribution in [-0.4, -0.2) is 29.7 Å². The highest BCUT2D eigenvalue weighted by atomic mass is 32.2. The normalized spacial score (nSPS) is 13.7. The van der Waals surface area contributed by atoms with E-state index in [0.29, 0.717) is 0 Å². The molecular formula is C6H15NOS. The van der Waals surface area contributed by atoms with Crippen molar-refractivity contribution in [1.29, 1.82) is 0 Å². The van der Waals surface area contributed by atoms with Gasteiger partial charge in [-0.3, -0.25) is 0 Å². The zero-order valence-corrected chi connectivity index (χ0v) is 6.96. The molecule has 1 N–H and O–H groups in total. The van der Waals surface area contributed by atoms with E-state index in [-0.39, 0.29) is 0 Å². The number of nitrogens with one attached hydrogen (secondary N) is 1. The average Bonchev–Trinajstić information content (AvgIpc) is 1.89. The highest BCUT2D eigenvalue weighted by molar-refractivity contribution is 7.91. The van der Waals surface area contributed by atoms with E-state index in [1.54, 1.807) is 0 Å². The second-order valence-electron chi connectivity index (χ2n) is 1.89. The molecule has 0 aromatic rings. The SMILES string of the molecule is CC[S+]([O-])CCCNC. The fourth-order valence-corrected chi connectivity index (χ4v) is 1.31. The van der Waals surface area contributed by atoms with E-state index in [9.17, 15) is 4.55 Å². The van der Waals surface area contributed by atoms with Gasteiger partial charge in [-0.1, -0.05) is 11.2 Å². The lowest BCUT2D eigenvalue weighted by molar-refractivity contribution is 0.592. The number of hydrogen-bond donors (Lipinski definition) is 1. The highest BCUT2D eigenvalue weighted by Gasteiger charge is 1.98. The molecule has 0 rings (SSSR count). The van der Waals surface area contributed by atoms with Gasteiger partial charge in [0.15, 0.2) is 0 Å². The van der Waals surface area contributed by atoms with Crippen LogP contribution in [0.2, 0.25) is 0 Å². The van der Waals surface area contributed by atoms with Crippen molar-refractivity contribution >= 4 is 11.2 Å². The number of rotatable bonds is 5. The summed E-state index contributed by atoms with van der Waals surface area (Å²) in [5.74, 6) is 1.64. The standard InChI is InChI=1S/C6H15NOS/c1-3-9(8)6-4-5-7-2/h7H,3-6H2,1-2H3. The first-order valence-corrected chi connectivity index (χ1v) is 4.79. The first-order valence-electron chi connectivity index (χ1n) is 3.30. The molecule has 9 heavy (non-hydrogen) atoms. The van der Waals surface area contributed by atoms with Crippen LogP contribution in [0.4, 0.5) is 0 Å². The van der Waals surface area contributed by atoms with Gasteiger partial charge in [-0.25, -0.2) is 0 Å². The van der Waals surface area contributed by atoms with Gasteiger partial charge in [0.25, 0.3) is 0 Å². The van der Waals surface area contributed by atoms with E-state index in [1.165, 1.54) is 0 Å². The molecular weight excluding hydrogens is 134 g/mol. The van der Waals surface area contributed by atoms with Gasteiger partial charge >= 0.3 is 0 Å². The van der Waals surface area contributed by atoms with Crippen LogP contribution >= 0.6 is 0 Å². The molecule has 0 saturated heterocycles. The van der Waals surface area contributed by atoms with Crippen LogP contribution in [-0.2, 0) is 11.2 Å². The van der Waals surface area contributed by atoms with Crippen LogP contribution in [0.15, 0.2) is 0 Å². The molecule has 0 radical (unpaired) electrons. The van der Waals surface area contributed by atoms with Crippen LogP contribution in [0.5, 0.6) is 0 Å². The van der Waals surface area contributed by atoms with E-state index in [4.69, 9.17) is 0 Å². The van der Waals surface area contributed by atoms with Crippen LogP contribution in [0.3, 0.4) is 0 Å². The molecule has 0 aromatic heterocycles. The molecule has 56 valence electrons. The van der Waals surface area contributed by atoms with Gasteiger partial charge < -0.3 is 9.87 Å². The van der Waals surface area contributed by atoms with Gasteiger partial charge in [0.1, 0.15) is 11.5 Å². The van der Waals surface area contributed by atoms with Crippen molar-refractivity contribution < 1.29 is 4.55 Å². The predicted molar refractivity (Wildman–Crippen MR) is 42.1 cm³/mol. The minimum atomic E-state index is -0.568. The third-order valence-corrected chi connectivity index (χ3v) is 2.51. The minimum absolute atomic E-state index is 0.568. The molecule has 3 heteroatoms. The van der Waals surface area contributed by atoms with E-state index in [2.05, 4.69) is 5.32 Å². The van der Waals surface area contributed by atoms with Crippen LogP contribution < -0.4 is 5.32 Å². The largest absolute Gasteiger partial charge is 0.616 e. The Kier molecular flexibility index (Phi) is 6.58. The lowest BCUT2D eigenvalue weighted by atomic mass is 10.5. The summed E-state index contributed by atoms with van der Waals surface area (Å²) in [5, 5.41) is 3.01. The molecule has 0 aliphatic heterocycles. The maximum Gasteiger partial charge on any atom is 0.106 e. The summed E-state index contributed by atoms with van der Waals surface area (Å²) < 4.78 is 10.8. The molecule has 0 aliphatic carbocycles. The molecule has 0 spiro atoms. The molecule has 0 heterocycles. The fraction of sp³-hybridized carbons (Fsp3) is 1.00. The number of hydrogen-bond acceptors (Lipinski definition) is 2. The molecule has 0 aromatic carbocycles. The molecule has 0 bridgehead atoms. The molecule has 0 aliphatic rings. The Labute approximate surface area is 60.2 Å². The Bertz CT molecular complexity index is 61.0. The molecule has 2 nitrogen and oxygen atoms in total. The summed E-state index contributed by atoms with van der Waals surface area (Å²) in [6, 6.07) is 0. The fourth-order valence-electron chi connectivity index (χ4n) is 0.554. The Morgan fingerprint density at radius 2 is 2.22 bits per heavy atom. The average molecular weight is 149 g/mol. The highest BCUT2D eigenvalue weighted by Crippen LogP contribution is 1.91. The Hall–Kier alpha value is 0.270. The summed E-state index contributed by atoms with van der Waals surface area (Å²) in [6.45, 7) is 2.93. The first kappa shape index (κ1) is 9.27. The van der Waals surface area contributed by atoms with Crippen molar-refractivity contribution in [3.8, 4) is 0 Å². The Morgan fingerprint density at radius 1 is 1.56 bits per heavy atom. The lowest BCUT2D eigenvalue weighted by Gasteiger charge is -2.06. The second-order valence-corrected chi connectivity index (χ2v) is 3.75. The van der Waals surface area contributed by atoms with Gasteiger partial charge in [0, 0.05) is 6.42 Å². The molecule has 0 fully saturated rings. The van der Waals surface area contributed by atoms with Crippen molar-refractivity contribution in [3.63, 3.8) is 0 Å². The van der Waals surface area contributed by atoms with E-state index in [0.717, 1.165) is 24.5 Å². The third-order valence-electron chi connectivity index (χ3n) is 1.12. The van der Waals surface area contributed by atoms with Gasteiger partial charge in [-0.15, -0.1) is 0 Å². The van der Waals surface area contributed by atoms with Crippen molar-refractivity contribution in [1.82, 2.24) is 5.32 Å². The minimum Gasteiger partial charge on any atom is -0.616 e.